The summed E-state index contributed by atoms with van der Waals surface area (Å²) in [5.41, 5.74) is 1.33. The topological polar surface area (TPSA) is 88.4 Å². The van der Waals surface area contributed by atoms with Gasteiger partial charge >= 0.3 is 0 Å². The maximum Gasteiger partial charge on any atom is 0.296 e. The van der Waals surface area contributed by atoms with E-state index >= 15 is 0 Å². The molecule has 2 amide bonds. The fourth-order valence-corrected chi connectivity index (χ4v) is 2.25. The van der Waals surface area contributed by atoms with E-state index in [0.29, 0.717) is 5.69 Å². The highest BCUT2D eigenvalue weighted by Crippen LogP contribution is 2.18. The summed E-state index contributed by atoms with van der Waals surface area (Å²) in [7, 11) is 0. The van der Waals surface area contributed by atoms with Gasteiger partial charge in [0.25, 0.3) is 17.6 Å². The molecule has 132 valence electrons. The van der Waals surface area contributed by atoms with E-state index in [9.17, 15) is 14.4 Å². The van der Waals surface area contributed by atoms with E-state index in [1.807, 2.05) is 25.1 Å². The number of carbonyl (C=O) groups excluding carboxylic acids is 3. The third kappa shape index (κ3) is 4.79. The van der Waals surface area contributed by atoms with Crippen LogP contribution in [0.5, 0.6) is 0 Å². The first-order valence-corrected chi connectivity index (χ1v) is 7.92. The standard InChI is InChI=1S/C19H22N2O4/c1-11-7-6-8-13(9-11)20-17(23)14-10-15(25-12(14)2)16(22)18(24)21-19(3,4)5/h6-10H,1-5H3,(H,20,23)(H,21,24). The van der Waals surface area contributed by atoms with Crippen LogP contribution in [0.25, 0.3) is 0 Å². The molecule has 0 aliphatic rings. The molecule has 6 heteroatoms. The number of carbonyl (C=O) groups is 3. The minimum atomic E-state index is -0.812. The molecule has 0 bridgehead atoms. The van der Waals surface area contributed by atoms with Crippen LogP contribution in [0.1, 0.15) is 53.0 Å². The van der Waals surface area contributed by atoms with E-state index in [-0.39, 0.29) is 17.1 Å². The van der Waals surface area contributed by atoms with Crippen LogP contribution in [-0.2, 0) is 4.79 Å². The van der Waals surface area contributed by atoms with Crippen LogP contribution in [0, 0.1) is 13.8 Å². The zero-order chi connectivity index (χ0) is 18.8. The third-order valence-corrected chi connectivity index (χ3v) is 3.36. The van der Waals surface area contributed by atoms with Gasteiger partial charge in [-0.05, 0) is 52.3 Å². The van der Waals surface area contributed by atoms with Crippen molar-refractivity contribution in [2.24, 2.45) is 0 Å². The smallest absolute Gasteiger partial charge is 0.296 e. The minimum absolute atomic E-state index is 0.159. The maximum absolute atomic E-state index is 12.4. The molecule has 1 heterocycles. The monoisotopic (exact) mass is 342 g/mol. The Hall–Kier alpha value is -2.89. The highest BCUT2D eigenvalue weighted by Gasteiger charge is 2.26. The van der Waals surface area contributed by atoms with Gasteiger partial charge in [0, 0.05) is 17.3 Å². The van der Waals surface area contributed by atoms with Crippen LogP contribution in [0.15, 0.2) is 34.7 Å². The van der Waals surface area contributed by atoms with Crippen molar-refractivity contribution in [1.82, 2.24) is 5.32 Å². The Morgan fingerprint density at radius 3 is 2.32 bits per heavy atom. The van der Waals surface area contributed by atoms with Crippen molar-refractivity contribution in [3.63, 3.8) is 0 Å². The largest absolute Gasteiger partial charge is 0.457 e. The number of benzene rings is 1. The summed E-state index contributed by atoms with van der Waals surface area (Å²) in [5, 5.41) is 5.32. The van der Waals surface area contributed by atoms with E-state index in [4.69, 9.17) is 4.42 Å². The van der Waals surface area contributed by atoms with E-state index in [1.165, 1.54) is 6.07 Å². The highest BCUT2D eigenvalue weighted by atomic mass is 16.4. The molecule has 6 nitrogen and oxygen atoms in total. The third-order valence-electron chi connectivity index (χ3n) is 3.36. The summed E-state index contributed by atoms with van der Waals surface area (Å²) in [6, 6.07) is 8.65. The summed E-state index contributed by atoms with van der Waals surface area (Å²) in [6.45, 7) is 8.80. The molecular weight excluding hydrogens is 320 g/mol. The van der Waals surface area contributed by atoms with E-state index in [2.05, 4.69) is 10.6 Å². The normalized spacial score (nSPS) is 11.1. The van der Waals surface area contributed by atoms with Crippen molar-refractivity contribution >= 4 is 23.3 Å². The molecule has 0 unspecified atom stereocenters. The first kappa shape index (κ1) is 18.4. The second-order valence-electron chi connectivity index (χ2n) is 6.94. The summed E-state index contributed by atoms with van der Waals surface area (Å²) >= 11 is 0. The van der Waals surface area contributed by atoms with Gasteiger partial charge in [0.1, 0.15) is 5.76 Å². The lowest BCUT2D eigenvalue weighted by molar-refractivity contribution is -0.118. The van der Waals surface area contributed by atoms with Crippen LogP contribution in [0.4, 0.5) is 5.69 Å². The zero-order valence-corrected chi connectivity index (χ0v) is 15.0. The number of furan rings is 1. The van der Waals surface area contributed by atoms with Crippen LogP contribution < -0.4 is 10.6 Å². The summed E-state index contributed by atoms with van der Waals surface area (Å²) in [5.74, 6) is -1.87. The van der Waals surface area contributed by atoms with Crippen molar-refractivity contribution in [3.05, 3.63) is 53.0 Å². The lowest BCUT2D eigenvalue weighted by Crippen LogP contribution is -2.44. The number of Topliss-reactive ketones (excluding diaryl/α,β-unsaturated/α-hetero) is 1. The molecule has 0 saturated carbocycles. The lowest BCUT2D eigenvalue weighted by atomic mass is 10.1. The molecular formula is C19H22N2O4. The van der Waals surface area contributed by atoms with Gasteiger partial charge in [-0.15, -0.1) is 0 Å². The van der Waals surface area contributed by atoms with Crippen molar-refractivity contribution < 1.29 is 18.8 Å². The SMILES string of the molecule is Cc1cccc(NC(=O)c2cc(C(=O)C(=O)NC(C)(C)C)oc2C)c1. The summed E-state index contributed by atoms with van der Waals surface area (Å²) < 4.78 is 5.32. The van der Waals surface area contributed by atoms with Gasteiger partial charge in [0.05, 0.1) is 5.56 Å². The van der Waals surface area contributed by atoms with Crippen LogP contribution in [0.2, 0.25) is 0 Å². The number of nitrogens with one attached hydrogen (secondary N) is 2. The van der Waals surface area contributed by atoms with Gasteiger partial charge in [-0.2, -0.15) is 0 Å². The zero-order valence-electron chi connectivity index (χ0n) is 15.0. The Morgan fingerprint density at radius 2 is 1.72 bits per heavy atom. The Kier molecular flexibility index (Phi) is 5.11. The predicted octanol–water partition coefficient (Wildman–Crippen LogP) is 3.25. The fraction of sp³-hybridized carbons (Fsp3) is 0.316. The van der Waals surface area contributed by atoms with E-state index < -0.39 is 23.1 Å². The molecule has 0 saturated heterocycles. The highest BCUT2D eigenvalue weighted by molar-refractivity contribution is 6.42. The van der Waals surface area contributed by atoms with Crippen LogP contribution in [-0.4, -0.2) is 23.1 Å². The number of ketones is 1. The number of hydrogen-bond acceptors (Lipinski definition) is 4. The molecule has 2 rings (SSSR count). The van der Waals surface area contributed by atoms with Crippen LogP contribution >= 0.6 is 0 Å². The molecule has 25 heavy (non-hydrogen) atoms. The molecule has 1 aromatic heterocycles. The lowest BCUT2D eigenvalue weighted by Gasteiger charge is -2.19. The predicted molar refractivity (Wildman–Crippen MR) is 94.8 cm³/mol. The molecule has 0 spiro atoms. The molecule has 1 aromatic carbocycles. The van der Waals surface area contributed by atoms with Gasteiger partial charge < -0.3 is 15.1 Å². The molecule has 0 aliphatic carbocycles. The molecule has 2 N–H and O–H groups in total. The number of anilines is 1. The van der Waals surface area contributed by atoms with Gasteiger partial charge in [0.15, 0.2) is 5.76 Å². The number of rotatable bonds is 4. The Bertz CT molecular complexity index is 828. The first-order chi connectivity index (χ1) is 11.6. The average Bonchev–Trinajstić information content (AvgIpc) is 2.86. The molecule has 0 fully saturated rings. The summed E-state index contributed by atoms with van der Waals surface area (Å²) in [6.07, 6.45) is 0. The van der Waals surface area contributed by atoms with Gasteiger partial charge in [-0.25, -0.2) is 0 Å². The number of aryl methyl sites for hydroxylation is 2. The van der Waals surface area contributed by atoms with Gasteiger partial charge in [-0.3, -0.25) is 14.4 Å². The van der Waals surface area contributed by atoms with Crippen LogP contribution in [0.3, 0.4) is 0 Å². The molecule has 0 radical (unpaired) electrons. The fourth-order valence-electron chi connectivity index (χ4n) is 2.25. The number of hydrogen-bond donors (Lipinski definition) is 2. The Labute approximate surface area is 146 Å². The van der Waals surface area contributed by atoms with E-state index in [0.717, 1.165) is 5.56 Å². The summed E-state index contributed by atoms with van der Waals surface area (Å²) in [4.78, 5) is 36.5. The number of amides is 2. The second kappa shape index (κ2) is 6.93. The molecule has 0 atom stereocenters. The average molecular weight is 342 g/mol. The van der Waals surface area contributed by atoms with Crippen molar-refractivity contribution in [3.8, 4) is 0 Å². The Balaban J connectivity index is 2.17. The van der Waals surface area contributed by atoms with Crippen molar-refractivity contribution in [2.45, 2.75) is 40.2 Å². The van der Waals surface area contributed by atoms with E-state index in [1.54, 1.807) is 33.8 Å². The van der Waals surface area contributed by atoms with Crippen molar-refractivity contribution in [2.75, 3.05) is 5.32 Å². The maximum atomic E-state index is 12.4. The van der Waals surface area contributed by atoms with Gasteiger partial charge in [-0.1, -0.05) is 12.1 Å². The second-order valence-corrected chi connectivity index (χ2v) is 6.94. The van der Waals surface area contributed by atoms with Gasteiger partial charge in [0.2, 0.25) is 0 Å². The quantitative estimate of drug-likeness (QED) is 0.659. The Morgan fingerprint density at radius 1 is 1.04 bits per heavy atom. The first-order valence-electron chi connectivity index (χ1n) is 7.92. The molecule has 0 aliphatic heterocycles. The molecule has 2 aromatic rings. The van der Waals surface area contributed by atoms with Crippen molar-refractivity contribution in [1.29, 1.82) is 0 Å². The minimum Gasteiger partial charge on any atom is -0.457 e.